The van der Waals surface area contributed by atoms with Crippen molar-refractivity contribution in [3.05, 3.63) is 59.7 Å². The molecule has 2 aromatic carbocycles. The van der Waals surface area contributed by atoms with Crippen LogP contribution in [0.5, 0.6) is 0 Å². The highest BCUT2D eigenvalue weighted by Gasteiger charge is 2.27. The van der Waals surface area contributed by atoms with Gasteiger partial charge in [-0.05, 0) is 35.7 Å². The Balaban J connectivity index is 1.86. The number of fused-ring (bicyclic) bond motifs is 1. The van der Waals surface area contributed by atoms with Crippen molar-refractivity contribution in [1.29, 1.82) is 0 Å². The fourth-order valence-electron chi connectivity index (χ4n) is 2.88. The molecule has 0 bridgehead atoms. The molecule has 0 fully saturated rings. The van der Waals surface area contributed by atoms with Gasteiger partial charge in [0.1, 0.15) is 0 Å². The predicted octanol–water partition coefficient (Wildman–Crippen LogP) is 3.36. The minimum absolute atomic E-state index is 0.623. The third kappa shape index (κ3) is 2.82. The lowest BCUT2D eigenvalue weighted by molar-refractivity contribution is 0.287. The van der Waals surface area contributed by atoms with Crippen LogP contribution in [0.4, 0.5) is 5.69 Å². The summed E-state index contributed by atoms with van der Waals surface area (Å²) in [6.07, 6.45) is 0.948. The van der Waals surface area contributed by atoms with Crippen LogP contribution >= 0.6 is 7.60 Å². The minimum Gasteiger partial charge on any atom is -0.367 e. The van der Waals surface area contributed by atoms with Crippen molar-refractivity contribution in [2.24, 2.45) is 0 Å². The van der Waals surface area contributed by atoms with Crippen LogP contribution in [0.3, 0.4) is 0 Å². The number of nitrogens with zero attached hydrogens (tertiary/aromatic N) is 1. The molecule has 3 rings (SSSR count). The van der Waals surface area contributed by atoms with Crippen LogP contribution in [-0.4, -0.2) is 20.8 Å². The molecule has 1 aliphatic heterocycles. The first-order valence-electron chi connectivity index (χ1n) is 7.30. The zero-order valence-electron chi connectivity index (χ0n) is 12.9. The molecule has 1 heterocycles. The maximum absolute atomic E-state index is 12.5. The van der Waals surface area contributed by atoms with Crippen LogP contribution in [0.1, 0.15) is 11.1 Å². The average molecular weight is 317 g/mol. The molecule has 116 valence electrons. The van der Waals surface area contributed by atoms with Gasteiger partial charge in [-0.2, -0.15) is 0 Å². The molecule has 1 aliphatic rings. The minimum atomic E-state index is -3.17. The molecule has 0 spiro atoms. The Morgan fingerprint density at radius 3 is 2.50 bits per heavy atom. The maximum Gasteiger partial charge on any atom is 0.360 e. The third-order valence-electron chi connectivity index (χ3n) is 4.07. The van der Waals surface area contributed by atoms with E-state index in [9.17, 15) is 4.57 Å². The quantitative estimate of drug-likeness (QED) is 0.793. The van der Waals surface area contributed by atoms with Crippen molar-refractivity contribution in [1.82, 2.24) is 0 Å². The fraction of sp³-hybridized carbons (Fsp3) is 0.294. The standard InChI is InChI=1S/C17H20NO3P/c1-20-22(19,21-2)16-8-9-17-15(12-16)10-11-18(17)13-14-6-4-3-5-7-14/h3-9,12H,10-11,13H2,1-2H3. The number of hydrogen-bond donors (Lipinski definition) is 0. The number of rotatable bonds is 5. The van der Waals surface area contributed by atoms with Crippen LogP contribution < -0.4 is 10.2 Å². The zero-order valence-corrected chi connectivity index (χ0v) is 13.8. The molecule has 0 radical (unpaired) electrons. The van der Waals surface area contributed by atoms with Gasteiger partial charge in [0, 0.05) is 33.0 Å². The summed E-state index contributed by atoms with van der Waals surface area (Å²) < 4.78 is 22.6. The second kappa shape index (κ2) is 6.25. The molecular formula is C17H20NO3P. The van der Waals surface area contributed by atoms with Gasteiger partial charge in [0.05, 0.1) is 5.30 Å². The van der Waals surface area contributed by atoms with Crippen LogP contribution in [0, 0.1) is 0 Å². The highest BCUT2D eigenvalue weighted by Crippen LogP contribution is 2.46. The Kier molecular flexibility index (Phi) is 4.34. The van der Waals surface area contributed by atoms with Gasteiger partial charge in [-0.1, -0.05) is 30.3 Å². The maximum atomic E-state index is 12.5. The third-order valence-corrected chi connectivity index (χ3v) is 5.94. The SMILES string of the molecule is COP(=O)(OC)c1ccc2c(c1)CCN2Cc1ccccc1. The van der Waals surface area contributed by atoms with E-state index in [0.29, 0.717) is 5.30 Å². The van der Waals surface area contributed by atoms with Gasteiger partial charge < -0.3 is 13.9 Å². The molecule has 0 amide bonds. The van der Waals surface area contributed by atoms with Crippen LogP contribution in [0.15, 0.2) is 48.5 Å². The van der Waals surface area contributed by atoms with Crippen molar-refractivity contribution in [3.63, 3.8) is 0 Å². The lowest BCUT2D eigenvalue weighted by Gasteiger charge is -2.20. The molecule has 0 saturated carbocycles. The van der Waals surface area contributed by atoms with E-state index in [4.69, 9.17) is 9.05 Å². The Bertz CT molecular complexity index is 694. The summed E-state index contributed by atoms with van der Waals surface area (Å²) in [6, 6.07) is 16.2. The van der Waals surface area contributed by atoms with Crippen LogP contribution in [-0.2, 0) is 26.6 Å². The lowest BCUT2D eigenvalue weighted by Crippen LogP contribution is -2.19. The van der Waals surface area contributed by atoms with E-state index in [1.807, 2.05) is 24.3 Å². The molecule has 4 nitrogen and oxygen atoms in total. The second-order valence-corrected chi connectivity index (χ2v) is 7.57. The van der Waals surface area contributed by atoms with Gasteiger partial charge in [0.2, 0.25) is 0 Å². The molecule has 0 N–H and O–H groups in total. The molecule has 0 saturated heterocycles. The van der Waals surface area contributed by atoms with Crippen LogP contribution in [0.25, 0.3) is 0 Å². The van der Waals surface area contributed by atoms with Crippen molar-refractivity contribution in [2.75, 3.05) is 25.7 Å². The predicted molar refractivity (Wildman–Crippen MR) is 88.9 cm³/mol. The van der Waals surface area contributed by atoms with Crippen molar-refractivity contribution in [3.8, 4) is 0 Å². The Labute approximate surface area is 131 Å². The van der Waals surface area contributed by atoms with E-state index >= 15 is 0 Å². The highest BCUT2D eigenvalue weighted by atomic mass is 31.2. The summed E-state index contributed by atoms with van der Waals surface area (Å²) >= 11 is 0. The first kappa shape index (κ1) is 15.3. The van der Waals surface area contributed by atoms with Gasteiger partial charge in [-0.25, -0.2) is 0 Å². The summed E-state index contributed by atoms with van der Waals surface area (Å²) in [5, 5.41) is 0.623. The van der Waals surface area contributed by atoms with Crippen LogP contribution in [0.2, 0.25) is 0 Å². The summed E-state index contributed by atoms with van der Waals surface area (Å²) in [5.74, 6) is 0. The van der Waals surface area contributed by atoms with E-state index in [-0.39, 0.29) is 0 Å². The van der Waals surface area contributed by atoms with E-state index in [1.54, 1.807) is 0 Å². The molecule has 5 heteroatoms. The summed E-state index contributed by atoms with van der Waals surface area (Å²) in [6.45, 7) is 1.86. The van der Waals surface area contributed by atoms with E-state index in [1.165, 1.54) is 31.0 Å². The van der Waals surface area contributed by atoms with E-state index < -0.39 is 7.60 Å². The molecule has 22 heavy (non-hydrogen) atoms. The number of anilines is 1. The summed E-state index contributed by atoms with van der Waals surface area (Å²) in [4.78, 5) is 2.35. The van der Waals surface area contributed by atoms with Gasteiger partial charge in [0.15, 0.2) is 0 Å². The number of benzene rings is 2. The number of hydrogen-bond acceptors (Lipinski definition) is 4. The molecule has 0 unspecified atom stereocenters. The molecule has 0 atom stereocenters. The van der Waals surface area contributed by atoms with Crippen molar-refractivity contribution < 1.29 is 13.6 Å². The van der Waals surface area contributed by atoms with Gasteiger partial charge in [-0.3, -0.25) is 4.57 Å². The Morgan fingerprint density at radius 1 is 1.09 bits per heavy atom. The van der Waals surface area contributed by atoms with E-state index in [0.717, 1.165) is 19.5 Å². The molecule has 0 aliphatic carbocycles. The summed E-state index contributed by atoms with van der Waals surface area (Å²) in [5.41, 5.74) is 3.69. The van der Waals surface area contributed by atoms with Gasteiger partial charge in [0.25, 0.3) is 0 Å². The fourth-order valence-corrected chi connectivity index (χ4v) is 4.02. The molecule has 2 aromatic rings. The Hall–Kier alpha value is -1.61. The zero-order chi connectivity index (χ0) is 15.6. The first-order chi connectivity index (χ1) is 10.7. The first-order valence-corrected chi connectivity index (χ1v) is 8.84. The van der Waals surface area contributed by atoms with Crippen molar-refractivity contribution in [2.45, 2.75) is 13.0 Å². The second-order valence-electron chi connectivity index (χ2n) is 5.33. The molecular weight excluding hydrogens is 297 g/mol. The van der Waals surface area contributed by atoms with Gasteiger partial charge in [-0.15, -0.1) is 0 Å². The largest absolute Gasteiger partial charge is 0.367 e. The summed E-state index contributed by atoms with van der Waals surface area (Å²) in [7, 11) is -0.339. The normalized spacial score (nSPS) is 14.2. The lowest BCUT2D eigenvalue weighted by atomic mass is 10.1. The highest BCUT2D eigenvalue weighted by molar-refractivity contribution is 7.62. The van der Waals surface area contributed by atoms with E-state index in [2.05, 4.69) is 29.2 Å². The Morgan fingerprint density at radius 2 is 1.82 bits per heavy atom. The average Bonchev–Trinajstić information content (AvgIpc) is 2.97. The van der Waals surface area contributed by atoms with Crippen molar-refractivity contribution >= 4 is 18.6 Å². The smallest absolute Gasteiger partial charge is 0.360 e. The van der Waals surface area contributed by atoms with Gasteiger partial charge >= 0.3 is 7.60 Å². The monoisotopic (exact) mass is 317 g/mol. The topological polar surface area (TPSA) is 38.8 Å². The molecule has 0 aromatic heterocycles.